The predicted molar refractivity (Wildman–Crippen MR) is 100 cm³/mol. The van der Waals surface area contributed by atoms with E-state index in [1.807, 2.05) is 7.05 Å². The lowest BCUT2D eigenvalue weighted by Crippen LogP contribution is -2.31. The quantitative estimate of drug-likeness (QED) is 0.714. The second kappa shape index (κ2) is 8.78. The highest BCUT2D eigenvalue weighted by Gasteiger charge is 2.08. The maximum atomic E-state index is 5.78. The van der Waals surface area contributed by atoms with Crippen molar-refractivity contribution < 1.29 is 0 Å². The third kappa shape index (κ3) is 4.54. The number of benzene rings is 2. The molecule has 0 bridgehead atoms. The van der Waals surface area contributed by atoms with Crippen molar-refractivity contribution in [2.45, 2.75) is 13.0 Å². The maximum absolute atomic E-state index is 5.78. The molecule has 0 amide bonds. The van der Waals surface area contributed by atoms with Crippen LogP contribution in [0.3, 0.4) is 0 Å². The van der Waals surface area contributed by atoms with Crippen LogP contribution in [0.5, 0.6) is 0 Å². The summed E-state index contributed by atoms with van der Waals surface area (Å²) >= 11 is 0. The van der Waals surface area contributed by atoms with Gasteiger partial charge >= 0.3 is 0 Å². The first-order valence-electron chi connectivity index (χ1n) is 8.01. The van der Waals surface area contributed by atoms with Gasteiger partial charge in [-0.15, -0.1) is 17.5 Å². The molecule has 0 aliphatic carbocycles. The number of nitrogens with two attached hydrogens (primary N) is 1. The van der Waals surface area contributed by atoms with Crippen LogP contribution >= 0.6 is 12.4 Å². The molecule has 1 heterocycles. The van der Waals surface area contributed by atoms with E-state index < -0.39 is 0 Å². The Balaban J connectivity index is 0.00000208. The molecule has 0 spiro atoms. The highest BCUT2D eigenvalue weighted by atomic mass is 35.5. The summed E-state index contributed by atoms with van der Waals surface area (Å²) in [5.41, 5.74) is 10.4. The highest BCUT2D eigenvalue weighted by molar-refractivity contribution is 5.85. The fourth-order valence-electron chi connectivity index (χ4n) is 2.83. The van der Waals surface area contributed by atoms with Crippen LogP contribution in [-0.2, 0) is 20.0 Å². The Hall–Kier alpha value is -1.95. The van der Waals surface area contributed by atoms with Crippen molar-refractivity contribution in [2.75, 3.05) is 19.6 Å². The molecular formula is C18H24ClN5. The van der Waals surface area contributed by atoms with Crippen LogP contribution in [0, 0.1) is 0 Å². The fraction of sp³-hybridized carbons (Fsp3) is 0.333. The molecule has 2 N–H and O–H groups in total. The van der Waals surface area contributed by atoms with E-state index in [4.69, 9.17) is 5.73 Å². The lowest BCUT2D eigenvalue weighted by atomic mass is 10.1. The molecule has 128 valence electrons. The van der Waals surface area contributed by atoms with E-state index in [-0.39, 0.29) is 12.4 Å². The van der Waals surface area contributed by atoms with Crippen molar-refractivity contribution >= 4 is 23.4 Å². The van der Waals surface area contributed by atoms with E-state index in [1.54, 1.807) is 4.68 Å². The number of aromatic nitrogens is 3. The van der Waals surface area contributed by atoms with E-state index >= 15 is 0 Å². The van der Waals surface area contributed by atoms with Crippen LogP contribution in [0.4, 0.5) is 0 Å². The van der Waals surface area contributed by atoms with Crippen molar-refractivity contribution in [3.63, 3.8) is 0 Å². The van der Waals surface area contributed by atoms with Crippen molar-refractivity contribution in [2.24, 2.45) is 12.8 Å². The molecular weight excluding hydrogens is 322 g/mol. The Labute approximate surface area is 148 Å². The SMILES string of the molecule is Cl.Cn1nnc2cc(CN(CCN)CCc3ccccc3)ccc21. The third-order valence-electron chi connectivity index (χ3n) is 4.09. The molecule has 0 unspecified atom stereocenters. The molecule has 0 aliphatic heterocycles. The van der Waals surface area contributed by atoms with Gasteiger partial charge in [0.1, 0.15) is 5.52 Å². The van der Waals surface area contributed by atoms with E-state index in [2.05, 4.69) is 63.7 Å². The Morgan fingerprint density at radius 1 is 1.04 bits per heavy atom. The molecule has 0 saturated heterocycles. The number of aryl methyl sites for hydroxylation is 1. The van der Waals surface area contributed by atoms with Gasteiger partial charge in [0, 0.05) is 33.2 Å². The summed E-state index contributed by atoms with van der Waals surface area (Å²) in [6, 6.07) is 16.9. The number of fused-ring (bicyclic) bond motifs is 1. The average Bonchev–Trinajstić information content (AvgIpc) is 2.94. The summed E-state index contributed by atoms with van der Waals surface area (Å²) < 4.78 is 1.80. The van der Waals surface area contributed by atoms with Crippen molar-refractivity contribution in [1.82, 2.24) is 19.9 Å². The number of halogens is 1. The van der Waals surface area contributed by atoms with Crippen LogP contribution in [0.1, 0.15) is 11.1 Å². The monoisotopic (exact) mass is 345 g/mol. The van der Waals surface area contributed by atoms with Crippen LogP contribution in [0.15, 0.2) is 48.5 Å². The van der Waals surface area contributed by atoms with Crippen LogP contribution in [0.25, 0.3) is 11.0 Å². The van der Waals surface area contributed by atoms with Gasteiger partial charge in [-0.1, -0.05) is 41.6 Å². The molecule has 0 aliphatic rings. The normalized spacial score (nSPS) is 11.0. The summed E-state index contributed by atoms with van der Waals surface area (Å²) in [6.45, 7) is 3.45. The van der Waals surface area contributed by atoms with Gasteiger partial charge in [0.25, 0.3) is 0 Å². The highest BCUT2D eigenvalue weighted by Crippen LogP contribution is 2.14. The summed E-state index contributed by atoms with van der Waals surface area (Å²) in [4.78, 5) is 2.39. The molecule has 3 rings (SSSR count). The third-order valence-corrected chi connectivity index (χ3v) is 4.09. The fourth-order valence-corrected chi connectivity index (χ4v) is 2.83. The molecule has 0 radical (unpaired) electrons. The number of hydrogen-bond donors (Lipinski definition) is 1. The summed E-state index contributed by atoms with van der Waals surface area (Å²) in [5, 5.41) is 8.26. The first-order chi connectivity index (χ1) is 11.3. The van der Waals surface area contributed by atoms with Crippen molar-refractivity contribution in [1.29, 1.82) is 0 Å². The molecule has 1 aromatic heterocycles. The topological polar surface area (TPSA) is 60.0 Å². The van der Waals surface area contributed by atoms with Gasteiger partial charge in [-0.2, -0.15) is 0 Å². The number of nitrogens with zero attached hydrogens (tertiary/aromatic N) is 4. The Morgan fingerprint density at radius 3 is 2.58 bits per heavy atom. The summed E-state index contributed by atoms with van der Waals surface area (Å²) in [7, 11) is 1.91. The Kier molecular flexibility index (Phi) is 6.73. The number of rotatable bonds is 7. The Morgan fingerprint density at radius 2 is 1.83 bits per heavy atom. The first kappa shape index (κ1) is 18.4. The van der Waals surface area contributed by atoms with E-state index in [0.29, 0.717) is 6.54 Å². The minimum atomic E-state index is 0. The standard InChI is InChI=1S/C18H23N5.ClH/c1-22-18-8-7-16(13-17(18)20-21-22)14-23(12-10-19)11-9-15-5-3-2-4-6-15;/h2-8,13H,9-12,14,19H2,1H3;1H. The molecule has 5 nitrogen and oxygen atoms in total. The molecule has 0 saturated carbocycles. The van der Waals surface area contributed by atoms with Crippen LogP contribution < -0.4 is 5.73 Å². The minimum Gasteiger partial charge on any atom is -0.329 e. The largest absolute Gasteiger partial charge is 0.329 e. The van der Waals surface area contributed by atoms with Crippen LogP contribution in [-0.4, -0.2) is 39.5 Å². The van der Waals surface area contributed by atoms with Gasteiger partial charge in [0.15, 0.2) is 0 Å². The lowest BCUT2D eigenvalue weighted by molar-refractivity contribution is 0.276. The number of hydrogen-bond acceptors (Lipinski definition) is 4. The van der Waals surface area contributed by atoms with E-state index in [0.717, 1.165) is 37.1 Å². The zero-order valence-electron chi connectivity index (χ0n) is 13.9. The Bertz CT molecular complexity index is 756. The van der Waals surface area contributed by atoms with Gasteiger partial charge in [-0.3, -0.25) is 4.90 Å². The van der Waals surface area contributed by atoms with Crippen molar-refractivity contribution in [3.8, 4) is 0 Å². The molecule has 6 heteroatoms. The van der Waals surface area contributed by atoms with Gasteiger partial charge in [-0.05, 0) is 29.7 Å². The molecule has 0 atom stereocenters. The lowest BCUT2D eigenvalue weighted by Gasteiger charge is -2.21. The zero-order chi connectivity index (χ0) is 16.1. The molecule has 0 fully saturated rings. The van der Waals surface area contributed by atoms with Gasteiger partial charge < -0.3 is 5.73 Å². The smallest absolute Gasteiger partial charge is 0.113 e. The average molecular weight is 346 g/mol. The summed E-state index contributed by atoms with van der Waals surface area (Å²) in [5.74, 6) is 0. The van der Waals surface area contributed by atoms with Gasteiger partial charge in [0.05, 0.1) is 5.52 Å². The molecule has 24 heavy (non-hydrogen) atoms. The molecule has 3 aromatic rings. The first-order valence-corrected chi connectivity index (χ1v) is 8.01. The molecule has 2 aromatic carbocycles. The van der Waals surface area contributed by atoms with Crippen LogP contribution in [0.2, 0.25) is 0 Å². The van der Waals surface area contributed by atoms with Gasteiger partial charge in [0.2, 0.25) is 0 Å². The predicted octanol–water partition coefficient (Wildman–Crippen LogP) is 2.39. The second-order valence-corrected chi connectivity index (χ2v) is 5.84. The van der Waals surface area contributed by atoms with Crippen molar-refractivity contribution in [3.05, 3.63) is 59.7 Å². The maximum Gasteiger partial charge on any atom is 0.113 e. The zero-order valence-corrected chi connectivity index (χ0v) is 14.7. The van der Waals surface area contributed by atoms with E-state index in [9.17, 15) is 0 Å². The summed E-state index contributed by atoms with van der Waals surface area (Å²) in [6.07, 6.45) is 1.04. The van der Waals surface area contributed by atoms with E-state index in [1.165, 1.54) is 11.1 Å². The minimum absolute atomic E-state index is 0. The van der Waals surface area contributed by atoms with Gasteiger partial charge in [-0.25, -0.2) is 4.68 Å². The second-order valence-electron chi connectivity index (χ2n) is 5.84.